The monoisotopic (exact) mass is 299 g/mol. The molecule has 0 saturated heterocycles. The highest BCUT2D eigenvalue weighted by molar-refractivity contribution is 6.32. The van der Waals surface area contributed by atoms with Crippen LogP contribution in [0.1, 0.15) is 25.8 Å². The van der Waals surface area contributed by atoms with Crippen LogP contribution in [0.4, 0.5) is 0 Å². The Balaban J connectivity index is 2.70. The lowest BCUT2D eigenvalue weighted by Gasteiger charge is -2.14. The standard InChI is InChI=1S/C14H18ClNO4/c1-3-20-14-10(5-4-6-11(14)15)8-12(17)16-9(2)7-13(18)19/h4-6,9H,3,7-8H2,1-2H3,(H,16,17)(H,18,19). The average Bonchev–Trinajstić information content (AvgIpc) is 2.32. The highest BCUT2D eigenvalue weighted by Gasteiger charge is 2.15. The summed E-state index contributed by atoms with van der Waals surface area (Å²) in [5.74, 6) is -0.713. The molecule has 1 rings (SSSR count). The Morgan fingerprint density at radius 1 is 1.45 bits per heavy atom. The van der Waals surface area contributed by atoms with E-state index in [-0.39, 0.29) is 18.7 Å². The molecule has 2 N–H and O–H groups in total. The second-order valence-corrected chi connectivity index (χ2v) is 4.81. The number of rotatable bonds is 7. The molecule has 1 atom stereocenters. The summed E-state index contributed by atoms with van der Waals surface area (Å²) >= 11 is 6.03. The van der Waals surface area contributed by atoms with Gasteiger partial charge in [0.05, 0.1) is 24.5 Å². The van der Waals surface area contributed by atoms with E-state index in [1.807, 2.05) is 6.92 Å². The van der Waals surface area contributed by atoms with Crippen molar-refractivity contribution in [3.63, 3.8) is 0 Å². The maximum absolute atomic E-state index is 11.9. The Morgan fingerprint density at radius 2 is 2.15 bits per heavy atom. The summed E-state index contributed by atoms with van der Waals surface area (Å²) < 4.78 is 5.43. The summed E-state index contributed by atoms with van der Waals surface area (Å²) in [6.45, 7) is 3.93. The van der Waals surface area contributed by atoms with Crippen LogP contribution in [0, 0.1) is 0 Å². The molecule has 0 aliphatic rings. The normalized spacial score (nSPS) is 11.8. The number of amides is 1. The molecule has 1 aromatic carbocycles. The molecule has 0 aliphatic heterocycles. The van der Waals surface area contributed by atoms with E-state index in [1.165, 1.54) is 0 Å². The number of nitrogens with one attached hydrogen (secondary N) is 1. The third kappa shape index (κ3) is 5.09. The van der Waals surface area contributed by atoms with E-state index in [2.05, 4.69) is 5.32 Å². The first-order valence-electron chi connectivity index (χ1n) is 6.35. The molecule has 0 fully saturated rings. The molecule has 1 unspecified atom stereocenters. The van der Waals surface area contributed by atoms with E-state index in [4.69, 9.17) is 21.4 Å². The van der Waals surface area contributed by atoms with Gasteiger partial charge in [0, 0.05) is 11.6 Å². The van der Waals surface area contributed by atoms with Crippen LogP contribution in [-0.4, -0.2) is 29.6 Å². The van der Waals surface area contributed by atoms with Crippen molar-refractivity contribution < 1.29 is 19.4 Å². The third-order valence-corrected chi connectivity index (χ3v) is 2.87. The maximum Gasteiger partial charge on any atom is 0.305 e. The van der Waals surface area contributed by atoms with Crippen LogP contribution >= 0.6 is 11.6 Å². The van der Waals surface area contributed by atoms with Crippen molar-refractivity contribution in [3.8, 4) is 5.75 Å². The molecule has 1 amide bonds. The van der Waals surface area contributed by atoms with Crippen LogP contribution in [-0.2, 0) is 16.0 Å². The maximum atomic E-state index is 11.9. The van der Waals surface area contributed by atoms with Crippen LogP contribution in [0.15, 0.2) is 18.2 Å². The van der Waals surface area contributed by atoms with E-state index in [0.717, 1.165) is 0 Å². The average molecular weight is 300 g/mol. The van der Waals surface area contributed by atoms with Crippen molar-refractivity contribution in [2.75, 3.05) is 6.61 Å². The van der Waals surface area contributed by atoms with Gasteiger partial charge in [0.15, 0.2) is 0 Å². The molecule has 5 nitrogen and oxygen atoms in total. The minimum Gasteiger partial charge on any atom is -0.492 e. The van der Waals surface area contributed by atoms with Gasteiger partial charge in [-0.3, -0.25) is 9.59 Å². The van der Waals surface area contributed by atoms with Crippen LogP contribution < -0.4 is 10.1 Å². The number of carboxylic acid groups (broad SMARTS) is 1. The quantitative estimate of drug-likeness (QED) is 0.810. The van der Waals surface area contributed by atoms with Gasteiger partial charge in [-0.2, -0.15) is 0 Å². The second-order valence-electron chi connectivity index (χ2n) is 4.40. The first kappa shape index (κ1) is 16.3. The Morgan fingerprint density at radius 3 is 2.75 bits per heavy atom. The lowest BCUT2D eigenvalue weighted by Crippen LogP contribution is -2.35. The number of aliphatic carboxylic acids is 1. The van der Waals surface area contributed by atoms with E-state index in [0.29, 0.717) is 22.9 Å². The summed E-state index contributed by atoms with van der Waals surface area (Å²) in [5, 5.41) is 11.7. The molecule has 0 saturated carbocycles. The second kappa shape index (κ2) is 7.75. The van der Waals surface area contributed by atoms with Crippen molar-refractivity contribution in [2.24, 2.45) is 0 Å². The Kier molecular flexibility index (Phi) is 6.31. The zero-order valence-electron chi connectivity index (χ0n) is 11.5. The zero-order chi connectivity index (χ0) is 15.1. The molecule has 6 heteroatoms. The van der Waals surface area contributed by atoms with Gasteiger partial charge in [0.1, 0.15) is 5.75 Å². The number of ether oxygens (including phenoxy) is 1. The number of carbonyl (C=O) groups is 2. The van der Waals surface area contributed by atoms with Crippen molar-refractivity contribution in [3.05, 3.63) is 28.8 Å². The Hall–Kier alpha value is -1.75. The van der Waals surface area contributed by atoms with E-state index < -0.39 is 12.0 Å². The summed E-state index contributed by atoms with van der Waals surface area (Å²) in [6, 6.07) is 4.78. The van der Waals surface area contributed by atoms with Crippen LogP contribution in [0.2, 0.25) is 5.02 Å². The van der Waals surface area contributed by atoms with Gasteiger partial charge in [0.25, 0.3) is 0 Å². The summed E-state index contributed by atoms with van der Waals surface area (Å²) in [5.41, 5.74) is 0.680. The molecule has 20 heavy (non-hydrogen) atoms. The summed E-state index contributed by atoms with van der Waals surface area (Å²) in [4.78, 5) is 22.4. The fourth-order valence-electron chi connectivity index (χ4n) is 1.81. The third-order valence-electron chi connectivity index (χ3n) is 2.58. The SMILES string of the molecule is CCOc1c(Cl)cccc1CC(=O)NC(C)CC(=O)O. The van der Waals surface area contributed by atoms with Gasteiger partial charge in [-0.25, -0.2) is 0 Å². The number of carboxylic acids is 1. The fourth-order valence-corrected chi connectivity index (χ4v) is 2.06. The molecule has 0 spiro atoms. The van der Waals surface area contributed by atoms with Crippen LogP contribution in [0.5, 0.6) is 5.75 Å². The number of hydrogen-bond donors (Lipinski definition) is 2. The van der Waals surface area contributed by atoms with Crippen molar-refractivity contribution in [1.82, 2.24) is 5.32 Å². The highest BCUT2D eigenvalue weighted by atomic mass is 35.5. The Labute approximate surface area is 122 Å². The number of carbonyl (C=O) groups excluding carboxylic acids is 1. The van der Waals surface area contributed by atoms with Crippen LogP contribution in [0.3, 0.4) is 0 Å². The van der Waals surface area contributed by atoms with E-state index in [1.54, 1.807) is 25.1 Å². The van der Waals surface area contributed by atoms with Crippen molar-refractivity contribution in [1.29, 1.82) is 0 Å². The molecule has 110 valence electrons. The molecule has 0 bridgehead atoms. The van der Waals surface area contributed by atoms with Gasteiger partial charge < -0.3 is 15.2 Å². The number of para-hydroxylation sites is 1. The van der Waals surface area contributed by atoms with E-state index in [9.17, 15) is 9.59 Å². The van der Waals surface area contributed by atoms with E-state index >= 15 is 0 Å². The van der Waals surface area contributed by atoms with Crippen molar-refractivity contribution >= 4 is 23.5 Å². The fraction of sp³-hybridized carbons (Fsp3) is 0.429. The van der Waals surface area contributed by atoms with Gasteiger partial charge in [-0.1, -0.05) is 23.7 Å². The van der Waals surface area contributed by atoms with Gasteiger partial charge >= 0.3 is 5.97 Å². The largest absolute Gasteiger partial charge is 0.492 e. The number of halogens is 1. The first-order chi connectivity index (χ1) is 9.43. The molecular weight excluding hydrogens is 282 g/mol. The van der Waals surface area contributed by atoms with Gasteiger partial charge in [-0.15, -0.1) is 0 Å². The molecular formula is C14H18ClNO4. The lowest BCUT2D eigenvalue weighted by molar-refractivity contribution is -0.137. The minimum atomic E-state index is -0.949. The van der Waals surface area contributed by atoms with Crippen molar-refractivity contribution in [2.45, 2.75) is 32.7 Å². The Bertz CT molecular complexity index is 490. The smallest absolute Gasteiger partial charge is 0.305 e. The van der Waals surface area contributed by atoms with Gasteiger partial charge in [-0.05, 0) is 19.9 Å². The number of benzene rings is 1. The predicted octanol–water partition coefficient (Wildman–Crippen LogP) is 2.26. The highest BCUT2D eigenvalue weighted by Crippen LogP contribution is 2.29. The lowest BCUT2D eigenvalue weighted by atomic mass is 10.1. The van der Waals surface area contributed by atoms with Crippen LogP contribution in [0.25, 0.3) is 0 Å². The zero-order valence-corrected chi connectivity index (χ0v) is 12.2. The molecule has 1 aromatic rings. The summed E-state index contributed by atoms with van der Waals surface area (Å²) in [6.07, 6.45) is -0.0144. The number of hydrogen-bond acceptors (Lipinski definition) is 3. The summed E-state index contributed by atoms with van der Waals surface area (Å²) in [7, 11) is 0. The van der Waals surface area contributed by atoms with Gasteiger partial charge in [0.2, 0.25) is 5.91 Å². The molecule has 0 radical (unpaired) electrons. The molecule has 0 aliphatic carbocycles. The topological polar surface area (TPSA) is 75.6 Å². The molecule has 0 heterocycles. The first-order valence-corrected chi connectivity index (χ1v) is 6.73. The minimum absolute atomic E-state index is 0.0971. The molecule has 0 aromatic heterocycles. The predicted molar refractivity (Wildman–Crippen MR) is 76.2 cm³/mol.